The molecular formula is C21H27N3O4. The van der Waals surface area contributed by atoms with Crippen LogP contribution in [0, 0.1) is 11.8 Å². The lowest BCUT2D eigenvalue weighted by Gasteiger charge is -2.32. The number of benzene rings is 1. The van der Waals surface area contributed by atoms with Gasteiger partial charge >= 0.3 is 0 Å². The number of methoxy groups -OCH3 is 1. The van der Waals surface area contributed by atoms with E-state index in [2.05, 4.69) is 5.32 Å². The summed E-state index contributed by atoms with van der Waals surface area (Å²) in [5, 5.41) is 2.98. The fraction of sp³-hybridized carbons (Fsp3) is 0.571. The molecular weight excluding hydrogens is 358 g/mol. The van der Waals surface area contributed by atoms with Crippen molar-refractivity contribution in [2.24, 2.45) is 11.8 Å². The summed E-state index contributed by atoms with van der Waals surface area (Å²) in [6.07, 6.45) is 4.96. The molecule has 0 aromatic heterocycles. The zero-order valence-corrected chi connectivity index (χ0v) is 16.3. The second kappa shape index (κ2) is 7.81. The molecule has 1 atom stereocenters. The topological polar surface area (TPSA) is 79.0 Å². The second-order valence-electron chi connectivity index (χ2n) is 7.92. The van der Waals surface area contributed by atoms with Gasteiger partial charge in [0.1, 0.15) is 5.75 Å². The number of nitrogens with one attached hydrogen (secondary N) is 1. The van der Waals surface area contributed by atoms with Gasteiger partial charge in [-0.15, -0.1) is 0 Å². The molecule has 2 heterocycles. The van der Waals surface area contributed by atoms with Crippen molar-refractivity contribution >= 4 is 29.1 Å². The Kier molecular flexibility index (Phi) is 5.24. The van der Waals surface area contributed by atoms with Gasteiger partial charge in [-0.1, -0.05) is 0 Å². The molecule has 2 aliphatic heterocycles. The molecule has 1 N–H and O–H groups in total. The molecule has 1 unspecified atom stereocenters. The molecule has 3 amide bonds. The second-order valence-corrected chi connectivity index (χ2v) is 7.92. The van der Waals surface area contributed by atoms with Gasteiger partial charge in [-0.05, 0) is 50.3 Å². The molecule has 1 aromatic rings. The number of amides is 3. The fourth-order valence-electron chi connectivity index (χ4n) is 4.11. The van der Waals surface area contributed by atoms with Crippen molar-refractivity contribution in [2.75, 3.05) is 37.0 Å². The molecule has 1 saturated carbocycles. The molecule has 7 nitrogen and oxygen atoms in total. The third kappa shape index (κ3) is 3.84. The lowest BCUT2D eigenvalue weighted by molar-refractivity contribution is -0.135. The van der Waals surface area contributed by atoms with Gasteiger partial charge in [0, 0.05) is 37.7 Å². The molecule has 1 aliphatic carbocycles. The molecule has 0 spiro atoms. The van der Waals surface area contributed by atoms with E-state index in [-0.39, 0.29) is 29.6 Å². The molecule has 3 fully saturated rings. The Morgan fingerprint density at radius 2 is 1.93 bits per heavy atom. The third-order valence-electron chi connectivity index (χ3n) is 5.84. The van der Waals surface area contributed by atoms with Crippen molar-refractivity contribution in [1.82, 2.24) is 4.90 Å². The van der Waals surface area contributed by atoms with E-state index in [1.54, 1.807) is 30.2 Å². The van der Waals surface area contributed by atoms with Crippen molar-refractivity contribution in [2.45, 2.75) is 38.5 Å². The number of hydrogen-bond acceptors (Lipinski definition) is 4. The Morgan fingerprint density at radius 3 is 2.61 bits per heavy atom. The largest absolute Gasteiger partial charge is 0.495 e. The molecule has 3 aliphatic rings. The minimum absolute atomic E-state index is 0.0721. The van der Waals surface area contributed by atoms with Crippen molar-refractivity contribution in [1.29, 1.82) is 0 Å². The summed E-state index contributed by atoms with van der Waals surface area (Å²) in [5.41, 5.74) is 1.34. The quantitative estimate of drug-likeness (QED) is 0.844. The van der Waals surface area contributed by atoms with Gasteiger partial charge in [0.2, 0.25) is 17.7 Å². The minimum Gasteiger partial charge on any atom is -0.495 e. The number of rotatable bonds is 5. The Labute approximate surface area is 165 Å². The minimum atomic E-state index is -0.199. The normalized spacial score (nSPS) is 22.3. The maximum absolute atomic E-state index is 12.8. The molecule has 150 valence electrons. The first kappa shape index (κ1) is 18.8. The third-order valence-corrected chi connectivity index (χ3v) is 5.84. The monoisotopic (exact) mass is 385 g/mol. The van der Waals surface area contributed by atoms with Crippen LogP contribution in [-0.4, -0.2) is 49.4 Å². The zero-order valence-electron chi connectivity index (χ0n) is 16.3. The predicted octanol–water partition coefficient (Wildman–Crippen LogP) is 2.41. The van der Waals surface area contributed by atoms with Crippen molar-refractivity contribution in [3.8, 4) is 5.75 Å². The predicted molar refractivity (Wildman–Crippen MR) is 105 cm³/mol. The maximum atomic E-state index is 12.8. The lowest BCUT2D eigenvalue weighted by atomic mass is 9.96. The van der Waals surface area contributed by atoms with Crippen LogP contribution in [0.25, 0.3) is 0 Å². The number of likely N-dealkylation sites (tertiary alicyclic amines) is 1. The van der Waals surface area contributed by atoms with E-state index >= 15 is 0 Å². The summed E-state index contributed by atoms with van der Waals surface area (Å²) in [5.74, 6) is 0.809. The first-order valence-corrected chi connectivity index (χ1v) is 10.1. The SMILES string of the molecule is COc1ccc(NC(=O)C2CCCN(C(=O)C3CC3)C2)cc1N1CCCC1=O. The van der Waals surface area contributed by atoms with E-state index in [1.807, 2.05) is 4.90 Å². The van der Waals surface area contributed by atoms with Crippen LogP contribution < -0.4 is 15.0 Å². The summed E-state index contributed by atoms with van der Waals surface area (Å²) >= 11 is 0. The Hall–Kier alpha value is -2.57. The van der Waals surface area contributed by atoms with Crippen LogP contribution in [0.1, 0.15) is 38.5 Å². The molecule has 0 bridgehead atoms. The van der Waals surface area contributed by atoms with Gasteiger partial charge in [-0.2, -0.15) is 0 Å². The van der Waals surface area contributed by atoms with Crippen LogP contribution in [0.2, 0.25) is 0 Å². The molecule has 4 rings (SSSR count). The Balaban J connectivity index is 1.45. The highest BCUT2D eigenvalue weighted by atomic mass is 16.5. The zero-order chi connectivity index (χ0) is 19.7. The van der Waals surface area contributed by atoms with Crippen LogP contribution in [0.4, 0.5) is 11.4 Å². The summed E-state index contributed by atoms with van der Waals surface area (Å²) in [6.45, 7) is 1.91. The average molecular weight is 385 g/mol. The number of carbonyl (C=O) groups is 3. The summed E-state index contributed by atoms with van der Waals surface area (Å²) < 4.78 is 5.40. The summed E-state index contributed by atoms with van der Waals surface area (Å²) in [6, 6.07) is 5.37. The maximum Gasteiger partial charge on any atom is 0.229 e. The van der Waals surface area contributed by atoms with E-state index in [4.69, 9.17) is 4.74 Å². The van der Waals surface area contributed by atoms with Gasteiger partial charge in [0.15, 0.2) is 0 Å². The Morgan fingerprint density at radius 1 is 1.11 bits per heavy atom. The number of nitrogens with zero attached hydrogens (tertiary/aromatic N) is 2. The van der Waals surface area contributed by atoms with Crippen LogP contribution in [-0.2, 0) is 14.4 Å². The van der Waals surface area contributed by atoms with E-state index in [0.717, 1.165) is 38.6 Å². The highest BCUT2D eigenvalue weighted by Crippen LogP contribution is 2.35. The fourth-order valence-corrected chi connectivity index (χ4v) is 4.11. The molecule has 7 heteroatoms. The lowest BCUT2D eigenvalue weighted by Crippen LogP contribution is -2.44. The molecule has 0 radical (unpaired) electrons. The average Bonchev–Trinajstić information content (AvgIpc) is 3.48. The summed E-state index contributed by atoms with van der Waals surface area (Å²) in [4.78, 5) is 40.8. The van der Waals surface area contributed by atoms with Crippen LogP contribution in [0.3, 0.4) is 0 Å². The van der Waals surface area contributed by atoms with Gasteiger partial charge in [-0.25, -0.2) is 0 Å². The smallest absolute Gasteiger partial charge is 0.229 e. The van der Waals surface area contributed by atoms with Gasteiger partial charge in [0.05, 0.1) is 18.7 Å². The van der Waals surface area contributed by atoms with Crippen LogP contribution in [0.15, 0.2) is 18.2 Å². The van der Waals surface area contributed by atoms with Crippen LogP contribution >= 0.6 is 0 Å². The van der Waals surface area contributed by atoms with E-state index in [0.29, 0.717) is 36.6 Å². The van der Waals surface area contributed by atoms with Crippen molar-refractivity contribution in [3.63, 3.8) is 0 Å². The van der Waals surface area contributed by atoms with E-state index in [9.17, 15) is 14.4 Å². The first-order chi connectivity index (χ1) is 13.6. The van der Waals surface area contributed by atoms with Crippen molar-refractivity contribution in [3.05, 3.63) is 18.2 Å². The van der Waals surface area contributed by atoms with Crippen molar-refractivity contribution < 1.29 is 19.1 Å². The number of hydrogen-bond donors (Lipinski definition) is 1. The molecule has 1 aromatic carbocycles. The van der Waals surface area contributed by atoms with E-state index < -0.39 is 0 Å². The summed E-state index contributed by atoms with van der Waals surface area (Å²) in [7, 11) is 1.57. The number of anilines is 2. The van der Waals surface area contributed by atoms with Gasteiger partial charge in [-0.3, -0.25) is 14.4 Å². The highest BCUT2D eigenvalue weighted by molar-refractivity contribution is 5.99. The highest BCUT2D eigenvalue weighted by Gasteiger charge is 2.36. The number of ether oxygens (including phenoxy) is 1. The number of carbonyl (C=O) groups excluding carboxylic acids is 3. The Bertz CT molecular complexity index is 790. The van der Waals surface area contributed by atoms with Crippen LogP contribution in [0.5, 0.6) is 5.75 Å². The van der Waals surface area contributed by atoms with E-state index in [1.165, 1.54) is 0 Å². The first-order valence-electron chi connectivity index (χ1n) is 10.1. The molecule has 2 saturated heterocycles. The number of piperidine rings is 1. The standard InChI is InChI=1S/C21H27N3O4/c1-28-18-9-8-16(12-17(18)24-11-3-5-19(24)25)22-20(26)15-4-2-10-23(13-15)21(27)14-6-7-14/h8-9,12,14-15H,2-7,10-11,13H2,1H3,(H,22,26). The van der Waals surface area contributed by atoms with Gasteiger partial charge in [0.25, 0.3) is 0 Å². The molecule has 28 heavy (non-hydrogen) atoms. The van der Waals surface area contributed by atoms with Gasteiger partial charge < -0.3 is 19.9 Å².